The second-order valence-corrected chi connectivity index (χ2v) is 5.68. The summed E-state index contributed by atoms with van der Waals surface area (Å²) in [4.78, 5) is 12.7. The molecule has 0 bridgehead atoms. The average molecular weight is 229 g/mol. The first kappa shape index (κ1) is 13.5. The first-order valence-corrected chi connectivity index (χ1v) is 5.91. The Balaban J connectivity index is 2.41. The third-order valence-corrected chi connectivity index (χ3v) is 3.86. The molecule has 1 atom stereocenters. The van der Waals surface area contributed by atoms with Gasteiger partial charge in [0.05, 0.1) is 5.60 Å². The number of hydrogen-bond donors (Lipinski definition) is 2. The molecule has 0 spiro atoms. The molecule has 1 rings (SSSR count). The Morgan fingerprint density at radius 1 is 1.38 bits per heavy atom. The van der Waals surface area contributed by atoms with E-state index in [1.165, 1.54) is 0 Å². The van der Waals surface area contributed by atoms with Gasteiger partial charge in [-0.3, -0.25) is 4.79 Å². The first-order valence-electron chi connectivity index (χ1n) is 5.91. The second kappa shape index (κ2) is 4.72. The molecule has 1 saturated heterocycles. The number of carboxylic acids is 1. The molecule has 0 aromatic heterocycles. The standard InChI is InChI=1S/C12H23NO3/c1-11(2)9-13(7-4-5-10(14)15)8-6-12(11,3)16/h16H,4-9H2,1-3H3,(H,14,15)/t12-/m1/s1. The van der Waals surface area contributed by atoms with Gasteiger partial charge in [-0.15, -0.1) is 0 Å². The Labute approximate surface area is 97.3 Å². The molecule has 1 aliphatic rings. The average Bonchev–Trinajstić information content (AvgIpc) is 2.11. The Kier molecular flexibility index (Phi) is 3.97. The predicted molar refractivity (Wildman–Crippen MR) is 62.3 cm³/mol. The van der Waals surface area contributed by atoms with Gasteiger partial charge in [0.25, 0.3) is 0 Å². The van der Waals surface area contributed by atoms with Crippen LogP contribution in [0, 0.1) is 5.41 Å². The normalized spacial score (nSPS) is 30.2. The lowest BCUT2D eigenvalue weighted by Gasteiger charge is -2.48. The van der Waals surface area contributed by atoms with Crippen molar-refractivity contribution < 1.29 is 15.0 Å². The van der Waals surface area contributed by atoms with Crippen LogP contribution >= 0.6 is 0 Å². The topological polar surface area (TPSA) is 60.8 Å². The van der Waals surface area contributed by atoms with E-state index in [1.54, 1.807) is 0 Å². The largest absolute Gasteiger partial charge is 0.481 e. The summed E-state index contributed by atoms with van der Waals surface area (Å²) in [7, 11) is 0. The van der Waals surface area contributed by atoms with Crippen molar-refractivity contribution in [3.05, 3.63) is 0 Å². The molecule has 0 amide bonds. The number of carboxylic acid groups (broad SMARTS) is 1. The summed E-state index contributed by atoms with van der Waals surface area (Å²) in [6.45, 7) is 8.52. The van der Waals surface area contributed by atoms with Crippen molar-refractivity contribution in [1.82, 2.24) is 4.90 Å². The predicted octanol–water partition coefficient (Wildman–Crippen LogP) is 1.33. The molecule has 0 unspecified atom stereocenters. The van der Waals surface area contributed by atoms with E-state index in [0.717, 1.165) is 26.1 Å². The summed E-state index contributed by atoms with van der Waals surface area (Å²) >= 11 is 0. The molecular weight excluding hydrogens is 206 g/mol. The van der Waals surface area contributed by atoms with Crippen LogP contribution < -0.4 is 0 Å². The van der Waals surface area contributed by atoms with E-state index in [9.17, 15) is 9.90 Å². The van der Waals surface area contributed by atoms with Gasteiger partial charge < -0.3 is 15.1 Å². The Morgan fingerprint density at radius 3 is 2.50 bits per heavy atom. The Hall–Kier alpha value is -0.610. The van der Waals surface area contributed by atoms with Crippen LogP contribution in [0.5, 0.6) is 0 Å². The van der Waals surface area contributed by atoms with Gasteiger partial charge in [-0.1, -0.05) is 13.8 Å². The van der Waals surface area contributed by atoms with Gasteiger partial charge in [-0.05, 0) is 26.3 Å². The molecule has 0 saturated carbocycles. The lowest BCUT2D eigenvalue weighted by atomic mass is 9.71. The van der Waals surface area contributed by atoms with E-state index in [4.69, 9.17) is 5.11 Å². The zero-order valence-corrected chi connectivity index (χ0v) is 10.5. The summed E-state index contributed by atoms with van der Waals surface area (Å²) in [6.07, 6.45) is 1.67. The quantitative estimate of drug-likeness (QED) is 0.763. The number of carbonyl (C=O) groups is 1. The third-order valence-electron chi connectivity index (χ3n) is 3.86. The number of aliphatic hydroxyl groups is 1. The van der Waals surface area contributed by atoms with Crippen molar-refractivity contribution >= 4 is 5.97 Å². The molecule has 1 fully saturated rings. The van der Waals surface area contributed by atoms with Crippen LogP contribution in [0.2, 0.25) is 0 Å². The van der Waals surface area contributed by atoms with Crippen LogP contribution in [-0.2, 0) is 4.79 Å². The van der Waals surface area contributed by atoms with Gasteiger partial charge in [0.15, 0.2) is 0 Å². The minimum absolute atomic E-state index is 0.130. The zero-order valence-electron chi connectivity index (χ0n) is 10.5. The SMILES string of the molecule is CC1(C)CN(CCCC(=O)O)CC[C@@]1(C)O. The molecule has 4 heteroatoms. The van der Waals surface area contributed by atoms with Gasteiger partial charge in [0.1, 0.15) is 0 Å². The van der Waals surface area contributed by atoms with Crippen molar-refractivity contribution in [1.29, 1.82) is 0 Å². The Morgan fingerprint density at radius 2 is 2.00 bits per heavy atom. The van der Waals surface area contributed by atoms with E-state index in [0.29, 0.717) is 6.42 Å². The highest BCUT2D eigenvalue weighted by Crippen LogP contribution is 2.38. The number of aliphatic carboxylic acids is 1. The molecule has 0 aromatic rings. The number of rotatable bonds is 4. The lowest BCUT2D eigenvalue weighted by molar-refractivity contribution is -0.137. The van der Waals surface area contributed by atoms with E-state index < -0.39 is 11.6 Å². The molecule has 94 valence electrons. The molecule has 4 nitrogen and oxygen atoms in total. The molecule has 0 aromatic carbocycles. The van der Waals surface area contributed by atoms with Crippen molar-refractivity contribution in [3.63, 3.8) is 0 Å². The van der Waals surface area contributed by atoms with Crippen LogP contribution in [0.15, 0.2) is 0 Å². The second-order valence-electron chi connectivity index (χ2n) is 5.68. The van der Waals surface area contributed by atoms with E-state index >= 15 is 0 Å². The van der Waals surface area contributed by atoms with E-state index in [1.807, 2.05) is 6.92 Å². The summed E-state index contributed by atoms with van der Waals surface area (Å²) in [5.74, 6) is -0.733. The van der Waals surface area contributed by atoms with Crippen LogP contribution in [0.3, 0.4) is 0 Å². The van der Waals surface area contributed by atoms with Crippen molar-refractivity contribution in [3.8, 4) is 0 Å². The maximum absolute atomic E-state index is 10.4. The van der Waals surface area contributed by atoms with Gasteiger partial charge in [-0.25, -0.2) is 0 Å². The smallest absolute Gasteiger partial charge is 0.303 e. The van der Waals surface area contributed by atoms with E-state index in [2.05, 4.69) is 18.7 Å². The highest BCUT2D eigenvalue weighted by atomic mass is 16.4. The van der Waals surface area contributed by atoms with Crippen molar-refractivity contribution in [2.45, 2.75) is 45.6 Å². The fraction of sp³-hybridized carbons (Fsp3) is 0.917. The fourth-order valence-electron chi connectivity index (χ4n) is 2.17. The van der Waals surface area contributed by atoms with Crippen molar-refractivity contribution in [2.24, 2.45) is 5.41 Å². The van der Waals surface area contributed by atoms with Gasteiger partial charge in [0.2, 0.25) is 0 Å². The number of nitrogens with zero attached hydrogens (tertiary/aromatic N) is 1. The van der Waals surface area contributed by atoms with Crippen LogP contribution in [0.4, 0.5) is 0 Å². The highest BCUT2D eigenvalue weighted by Gasteiger charge is 2.43. The maximum Gasteiger partial charge on any atom is 0.303 e. The molecular formula is C12H23NO3. The van der Waals surface area contributed by atoms with Crippen LogP contribution in [-0.4, -0.2) is 46.3 Å². The summed E-state index contributed by atoms with van der Waals surface area (Å²) in [5, 5.41) is 18.8. The van der Waals surface area contributed by atoms with Gasteiger partial charge in [0, 0.05) is 24.9 Å². The van der Waals surface area contributed by atoms with Crippen LogP contribution in [0.1, 0.15) is 40.0 Å². The number of piperidine rings is 1. The molecule has 0 radical (unpaired) electrons. The summed E-state index contributed by atoms with van der Waals surface area (Å²) in [6, 6.07) is 0. The molecule has 1 heterocycles. The van der Waals surface area contributed by atoms with Gasteiger partial charge in [-0.2, -0.15) is 0 Å². The molecule has 1 aliphatic heterocycles. The summed E-state index contributed by atoms with van der Waals surface area (Å²) < 4.78 is 0. The molecule has 16 heavy (non-hydrogen) atoms. The third kappa shape index (κ3) is 3.19. The van der Waals surface area contributed by atoms with Crippen LogP contribution in [0.25, 0.3) is 0 Å². The fourth-order valence-corrected chi connectivity index (χ4v) is 2.17. The van der Waals surface area contributed by atoms with Gasteiger partial charge >= 0.3 is 5.97 Å². The highest BCUT2D eigenvalue weighted by molar-refractivity contribution is 5.66. The number of likely N-dealkylation sites (tertiary alicyclic amines) is 1. The first-order chi connectivity index (χ1) is 7.24. The summed E-state index contributed by atoms with van der Waals surface area (Å²) in [5.41, 5.74) is -0.745. The molecule has 2 N–H and O–H groups in total. The molecule has 0 aliphatic carbocycles. The maximum atomic E-state index is 10.4. The number of hydrogen-bond acceptors (Lipinski definition) is 3. The minimum Gasteiger partial charge on any atom is -0.481 e. The van der Waals surface area contributed by atoms with Crippen molar-refractivity contribution in [2.75, 3.05) is 19.6 Å². The Bertz CT molecular complexity index is 261. The lowest BCUT2D eigenvalue weighted by Crippen LogP contribution is -2.55. The monoisotopic (exact) mass is 229 g/mol. The minimum atomic E-state index is -0.733. The van der Waals surface area contributed by atoms with E-state index in [-0.39, 0.29) is 11.8 Å². The zero-order chi connectivity index (χ0) is 12.4.